The molecular weight excluding hydrogens is 335 g/mol. The fourth-order valence-electron chi connectivity index (χ4n) is 1.82. The monoisotopic (exact) mass is 350 g/mol. The number of rotatable bonds is 6. The molecule has 0 spiro atoms. The number of carbonyl (C=O) groups excluding carboxylic acids is 1. The maximum Gasteiger partial charge on any atom is 0.366 e. The quantitative estimate of drug-likeness (QED) is 0.798. The lowest BCUT2D eigenvalue weighted by Gasteiger charge is -2.33. The van der Waals surface area contributed by atoms with Crippen LogP contribution in [0.4, 0.5) is 0 Å². The van der Waals surface area contributed by atoms with Gasteiger partial charge < -0.3 is 14.2 Å². The van der Waals surface area contributed by atoms with E-state index in [1.165, 1.54) is 21.1 Å². The Bertz CT molecular complexity index is 511. The third kappa shape index (κ3) is 3.33. The first-order valence-electron chi connectivity index (χ1n) is 5.48. The van der Waals surface area contributed by atoms with Gasteiger partial charge in [0, 0.05) is 18.7 Å². The number of ketones is 1. The van der Waals surface area contributed by atoms with Gasteiger partial charge in [0.15, 0.2) is 5.34 Å². The smallest absolute Gasteiger partial charge is 0.366 e. The van der Waals surface area contributed by atoms with Crippen molar-refractivity contribution in [3.63, 3.8) is 0 Å². The van der Waals surface area contributed by atoms with Crippen LogP contribution in [0.5, 0.6) is 0 Å². The second-order valence-corrected chi connectivity index (χ2v) is 7.45. The Labute approximate surface area is 120 Å². The van der Waals surface area contributed by atoms with Crippen molar-refractivity contribution in [2.24, 2.45) is 0 Å². The molecule has 0 amide bonds. The van der Waals surface area contributed by atoms with Crippen LogP contribution in [-0.4, -0.2) is 25.1 Å². The summed E-state index contributed by atoms with van der Waals surface area (Å²) in [7, 11) is -1.54. The highest BCUT2D eigenvalue weighted by Crippen LogP contribution is 2.64. The van der Waals surface area contributed by atoms with Gasteiger partial charge in [0.25, 0.3) is 0 Å². The average molecular weight is 351 g/mol. The van der Waals surface area contributed by atoms with Crippen molar-refractivity contribution in [2.75, 3.05) is 14.2 Å². The van der Waals surface area contributed by atoms with E-state index in [1.54, 1.807) is 24.3 Å². The molecule has 19 heavy (non-hydrogen) atoms. The summed E-state index contributed by atoms with van der Waals surface area (Å²) < 4.78 is 23.0. The molecule has 106 valence electrons. The summed E-state index contributed by atoms with van der Waals surface area (Å²) >= 11 is 3.26. The fraction of sp³-hybridized carbons (Fsp3) is 0.417. The van der Waals surface area contributed by atoms with Crippen molar-refractivity contribution >= 4 is 29.3 Å². The predicted molar refractivity (Wildman–Crippen MR) is 75.0 cm³/mol. The molecule has 0 aliphatic rings. The van der Waals surface area contributed by atoms with Gasteiger partial charge in [0.1, 0.15) is 5.78 Å². The van der Waals surface area contributed by atoms with E-state index in [0.717, 1.165) is 0 Å². The highest BCUT2D eigenvalue weighted by atomic mass is 79.9. The van der Waals surface area contributed by atoms with Crippen LogP contribution in [0.1, 0.15) is 18.9 Å². The van der Waals surface area contributed by atoms with Crippen molar-refractivity contribution in [3.8, 4) is 0 Å². The molecule has 0 aromatic heterocycles. The number of hydrogen-bond acceptors (Lipinski definition) is 5. The van der Waals surface area contributed by atoms with Gasteiger partial charge in [0.05, 0.1) is 6.42 Å². The topological polar surface area (TPSA) is 72.8 Å². The third-order valence-corrected chi connectivity index (χ3v) is 5.49. The summed E-state index contributed by atoms with van der Waals surface area (Å²) in [6, 6.07) is 6.56. The Kier molecular flexibility index (Phi) is 5.47. The van der Waals surface area contributed by atoms with Crippen LogP contribution in [0.25, 0.3) is 0 Å². The molecule has 7 heteroatoms. The summed E-state index contributed by atoms with van der Waals surface area (Å²) in [5.41, 5.74) is 0.295. The van der Waals surface area contributed by atoms with Crippen LogP contribution in [0.3, 0.4) is 0 Å². The normalized spacial score (nSPS) is 15.0. The number of Topliss-reactive ketones (excluding diaryl/α,β-unsaturated/α-hetero) is 1. The van der Waals surface area contributed by atoms with Gasteiger partial charge in [0.2, 0.25) is 0 Å². The van der Waals surface area contributed by atoms with E-state index in [-0.39, 0.29) is 12.2 Å². The number of aliphatic hydroxyl groups is 1. The second kappa shape index (κ2) is 6.29. The summed E-state index contributed by atoms with van der Waals surface area (Å²) in [5, 5.41) is 8.73. The molecule has 1 unspecified atom stereocenters. The van der Waals surface area contributed by atoms with Gasteiger partial charge in [-0.3, -0.25) is 9.36 Å². The SMILES string of the molecule is COP(=O)(OC)C(O)(CC(C)=O)c1cccc(Br)c1. The van der Waals surface area contributed by atoms with Crippen LogP contribution in [0.2, 0.25) is 0 Å². The molecule has 0 fully saturated rings. The molecule has 1 atom stereocenters. The predicted octanol–water partition coefficient (Wildman–Crippen LogP) is 3.06. The van der Waals surface area contributed by atoms with E-state index in [2.05, 4.69) is 15.9 Å². The molecule has 0 heterocycles. The molecular formula is C12H16BrO5P. The van der Waals surface area contributed by atoms with E-state index < -0.39 is 12.9 Å². The van der Waals surface area contributed by atoms with Gasteiger partial charge >= 0.3 is 7.60 Å². The summed E-state index contributed by atoms with van der Waals surface area (Å²) in [6.07, 6.45) is -0.359. The molecule has 1 aromatic carbocycles. The van der Waals surface area contributed by atoms with E-state index in [0.29, 0.717) is 10.0 Å². The highest BCUT2D eigenvalue weighted by molar-refractivity contribution is 9.10. The number of hydrogen-bond donors (Lipinski definition) is 1. The zero-order chi connectivity index (χ0) is 14.7. The van der Waals surface area contributed by atoms with E-state index in [4.69, 9.17) is 9.05 Å². The van der Waals surface area contributed by atoms with Crippen molar-refractivity contribution in [1.82, 2.24) is 0 Å². The van der Waals surface area contributed by atoms with Crippen molar-refractivity contribution < 1.29 is 23.5 Å². The maximum atomic E-state index is 12.6. The highest BCUT2D eigenvalue weighted by Gasteiger charge is 2.51. The Morgan fingerprint density at radius 1 is 1.42 bits per heavy atom. The second-order valence-electron chi connectivity index (χ2n) is 4.07. The van der Waals surface area contributed by atoms with Crippen molar-refractivity contribution in [2.45, 2.75) is 18.7 Å². The Morgan fingerprint density at radius 3 is 2.42 bits per heavy atom. The largest absolute Gasteiger partial charge is 0.373 e. The standard InChI is InChI=1S/C12H16BrO5P/c1-9(14)8-12(15,19(16,17-2)18-3)10-5-4-6-11(13)7-10/h4-7,15H,8H2,1-3H3. The lowest BCUT2D eigenvalue weighted by atomic mass is 10.0. The molecule has 0 saturated carbocycles. The van der Waals surface area contributed by atoms with E-state index in [9.17, 15) is 14.5 Å². The summed E-state index contributed by atoms with van der Waals surface area (Å²) in [4.78, 5) is 11.4. The van der Waals surface area contributed by atoms with Gasteiger partial charge in [-0.05, 0) is 24.6 Å². The minimum atomic E-state index is -3.88. The summed E-state index contributed by atoms with van der Waals surface area (Å²) in [5.74, 6) is -0.322. The van der Waals surface area contributed by atoms with Crippen LogP contribution >= 0.6 is 23.5 Å². The average Bonchev–Trinajstić information content (AvgIpc) is 2.36. The molecule has 0 bridgehead atoms. The number of halogens is 1. The molecule has 1 rings (SSSR count). The van der Waals surface area contributed by atoms with Gasteiger partial charge in [-0.2, -0.15) is 0 Å². The van der Waals surface area contributed by atoms with Crippen LogP contribution in [0.15, 0.2) is 28.7 Å². The van der Waals surface area contributed by atoms with Gasteiger partial charge in [-0.25, -0.2) is 0 Å². The molecule has 0 saturated heterocycles. The first-order valence-corrected chi connectivity index (χ1v) is 7.82. The lowest BCUT2D eigenvalue weighted by Crippen LogP contribution is -2.30. The zero-order valence-corrected chi connectivity index (χ0v) is 13.4. The van der Waals surface area contributed by atoms with Crippen LogP contribution in [-0.2, 0) is 23.7 Å². The van der Waals surface area contributed by atoms with Crippen LogP contribution < -0.4 is 0 Å². The molecule has 1 N–H and O–H groups in total. The maximum absolute atomic E-state index is 12.6. The Morgan fingerprint density at radius 2 is 2.00 bits per heavy atom. The number of benzene rings is 1. The van der Waals surface area contributed by atoms with Crippen molar-refractivity contribution in [1.29, 1.82) is 0 Å². The Balaban J connectivity index is 3.43. The summed E-state index contributed by atoms with van der Waals surface area (Å²) in [6.45, 7) is 1.30. The Hall–Kier alpha value is -0.520. The first kappa shape index (κ1) is 16.5. The molecule has 0 aliphatic carbocycles. The zero-order valence-electron chi connectivity index (χ0n) is 10.9. The minimum absolute atomic E-state index is 0.295. The molecule has 0 aliphatic heterocycles. The van der Waals surface area contributed by atoms with Crippen molar-refractivity contribution in [3.05, 3.63) is 34.3 Å². The third-order valence-electron chi connectivity index (χ3n) is 2.72. The molecule has 0 radical (unpaired) electrons. The lowest BCUT2D eigenvalue weighted by molar-refractivity contribution is -0.120. The van der Waals surface area contributed by atoms with Crippen LogP contribution in [0, 0.1) is 0 Å². The molecule has 1 aromatic rings. The van der Waals surface area contributed by atoms with E-state index >= 15 is 0 Å². The van der Waals surface area contributed by atoms with Gasteiger partial charge in [-0.1, -0.05) is 28.1 Å². The molecule has 5 nitrogen and oxygen atoms in total. The first-order chi connectivity index (χ1) is 8.79. The minimum Gasteiger partial charge on any atom is -0.373 e. The van der Waals surface area contributed by atoms with Gasteiger partial charge in [-0.15, -0.1) is 0 Å². The number of carbonyl (C=O) groups is 1. The fourth-order valence-corrected chi connectivity index (χ4v) is 3.84. The van der Waals surface area contributed by atoms with E-state index in [1.807, 2.05) is 0 Å².